The summed E-state index contributed by atoms with van der Waals surface area (Å²) >= 11 is 0. The normalized spacial score (nSPS) is 30.5. The van der Waals surface area contributed by atoms with E-state index in [1.54, 1.807) is 12.2 Å². The summed E-state index contributed by atoms with van der Waals surface area (Å²) in [5.74, 6) is -1.32. The topological polar surface area (TPSA) is 107 Å². The molecule has 1 heterocycles. The van der Waals surface area contributed by atoms with Crippen LogP contribution in [-0.4, -0.2) is 51.0 Å². The third kappa shape index (κ3) is 6.87. The Morgan fingerprint density at radius 3 is 2.73 bits per heavy atom. The smallest absolute Gasteiger partial charge is 0.303 e. The van der Waals surface area contributed by atoms with Gasteiger partial charge in [0.25, 0.3) is 0 Å². The van der Waals surface area contributed by atoms with E-state index < -0.39 is 36.5 Å². The predicted octanol–water partition coefficient (Wildman–Crippen LogP) is 1.43. The first-order chi connectivity index (χ1) is 10.4. The molecule has 1 aliphatic rings. The average Bonchev–Trinajstić information content (AvgIpc) is 2.43. The molecule has 0 amide bonds. The molecule has 1 saturated heterocycles. The Morgan fingerprint density at radius 2 is 2.09 bits per heavy atom. The van der Waals surface area contributed by atoms with Crippen LogP contribution in [0.4, 0.5) is 0 Å². The fourth-order valence-electron chi connectivity index (χ4n) is 2.71. The van der Waals surface area contributed by atoms with E-state index in [9.17, 15) is 20.1 Å². The molecule has 1 aliphatic heterocycles. The monoisotopic (exact) mass is 316 g/mol. The molecule has 0 aromatic carbocycles. The summed E-state index contributed by atoms with van der Waals surface area (Å²) in [4.78, 5) is 10.7. The van der Waals surface area contributed by atoms with Crippen molar-refractivity contribution < 1.29 is 30.0 Å². The number of aliphatic carboxylic acids is 1. The number of carbonyl (C=O) groups is 1. The molecule has 0 spiro atoms. The minimum Gasteiger partial charge on any atom is -0.481 e. The lowest BCUT2D eigenvalue weighted by atomic mass is 9.86. The molecule has 6 heteroatoms. The standard InChI is InChI=1S/C16H28O6/c1-2-3-4-5-11(17)6-8-14-12(7-9-15(19)20)13(18)10-16(21)22-14/h6,8,11-14,16-18,21H,2-5,7,9-10H2,1H3,(H,19,20)/b8-6+/t11-,12-,13-,14+,16?/m0/s1. The largest absolute Gasteiger partial charge is 0.481 e. The number of aliphatic hydroxyl groups excluding tert-OH is 3. The van der Waals surface area contributed by atoms with E-state index in [1.807, 2.05) is 0 Å². The zero-order valence-electron chi connectivity index (χ0n) is 13.1. The van der Waals surface area contributed by atoms with Gasteiger partial charge in [-0.1, -0.05) is 38.3 Å². The molecule has 22 heavy (non-hydrogen) atoms. The first-order valence-corrected chi connectivity index (χ1v) is 8.03. The lowest BCUT2D eigenvalue weighted by Crippen LogP contribution is -2.43. The Bertz CT molecular complexity index is 357. The second-order valence-electron chi connectivity index (χ2n) is 5.90. The number of unbranched alkanes of at least 4 members (excludes halogenated alkanes) is 2. The van der Waals surface area contributed by atoms with Gasteiger partial charge in [-0.3, -0.25) is 4.79 Å². The van der Waals surface area contributed by atoms with E-state index in [0.29, 0.717) is 6.42 Å². The van der Waals surface area contributed by atoms with E-state index >= 15 is 0 Å². The summed E-state index contributed by atoms with van der Waals surface area (Å²) in [7, 11) is 0. The van der Waals surface area contributed by atoms with Gasteiger partial charge in [0.05, 0.1) is 18.3 Å². The van der Waals surface area contributed by atoms with E-state index in [4.69, 9.17) is 9.84 Å². The lowest BCUT2D eigenvalue weighted by Gasteiger charge is -2.36. The third-order valence-electron chi connectivity index (χ3n) is 3.99. The van der Waals surface area contributed by atoms with Crippen LogP contribution in [0.25, 0.3) is 0 Å². The summed E-state index contributed by atoms with van der Waals surface area (Å²) in [6.45, 7) is 2.09. The van der Waals surface area contributed by atoms with Crippen LogP contribution < -0.4 is 0 Å². The molecule has 1 rings (SSSR count). The molecule has 1 unspecified atom stereocenters. The Balaban J connectivity index is 2.58. The van der Waals surface area contributed by atoms with Crippen molar-refractivity contribution >= 4 is 5.97 Å². The molecule has 4 N–H and O–H groups in total. The first kappa shape index (κ1) is 19.1. The molecular formula is C16H28O6. The fourth-order valence-corrected chi connectivity index (χ4v) is 2.71. The Hall–Kier alpha value is -0.950. The van der Waals surface area contributed by atoms with Crippen LogP contribution in [0.2, 0.25) is 0 Å². The van der Waals surface area contributed by atoms with Crippen LogP contribution >= 0.6 is 0 Å². The van der Waals surface area contributed by atoms with Crippen molar-refractivity contribution in [3.05, 3.63) is 12.2 Å². The zero-order valence-corrected chi connectivity index (χ0v) is 13.1. The Kier molecular flexibility index (Phi) is 8.63. The van der Waals surface area contributed by atoms with Crippen LogP contribution in [0.15, 0.2) is 12.2 Å². The molecule has 0 saturated carbocycles. The van der Waals surface area contributed by atoms with Gasteiger partial charge in [-0.25, -0.2) is 0 Å². The van der Waals surface area contributed by atoms with E-state index in [2.05, 4.69) is 6.92 Å². The number of rotatable bonds is 9. The van der Waals surface area contributed by atoms with Crippen molar-refractivity contribution in [2.75, 3.05) is 0 Å². The van der Waals surface area contributed by atoms with Gasteiger partial charge in [-0.05, 0) is 12.8 Å². The van der Waals surface area contributed by atoms with Crippen LogP contribution in [0.5, 0.6) is 0 Å². The first-order valence-electron chi connectivity index (χ1n) is 8.03. The third-order valence-corrected chi connectivity index (χ3v) is 3.99. The molecule has 1 fully saturated rings. The highest BCUT2D eigenvalue weighted by Crippen LogP contribution is 2.29. The van der Waals surface area contributed by atoms with E-state index in [-0.39, 0.29) is 19.3 Å². The van der Waals surface area contributed by atoms with Gasteiger partial charge in [-0.2, -0.15) is 0 Å². The van der Waals surface area contributed by atoms with Crippen LogP contribution in [-0.2, 0) is 9.53 Å². The predicted molar refractivity (Wildman–Crippen MR) is 81.2 cm³/mol. The van der Waals surface area contributed by atoms with Gasteiger partial charge in [0.1, 0.15) is 0 Å². The minimum absolute atomic E-state index is 0.0649. The van der Waals surface area contributed by atoms with Gasteiger partial charge in [-0.15, -0.1) is 0 Å². The Morgan fingerprint density at radius 1 is 1.36 bits per heavy atom. The summed E-state index contributed by atoms with van der Waals surface area (Å²) in [5, 5.41) is 38.3. The quantitative estimate of drug-likeness (QED) is 0.379. The maximum atomic E-state index is 10.7. The highest BCUT2D eigenvalue weighted by molar-refractivity contribution is 5.66. The number of aliphatic hydroxyl groups is 3. The molecule has 0 aromatic heterocycles. The molecule has 0 bridgehead atoms. The molecule has 128 valence electrons. The van der Waals surface area contributed by atoms with Crippen LogP contribution in [0.3, 0.4) is 0 Å². The second kappa shape index (κ2) is 9.94. The number of hydrogen-bond acceptors (Lipinski definition) is 5. The lowest BCUT2D eigenvalue weighted by molar-refractivity contribution is -0.201. The van der Waals surface area contributed by atoms with Crippen molar-refractivity contribution in [3.8, 4) is 0 Å². The molecule has 6 nitrogen and oxygen atoms in total. The maximum Gasteiger partial charge on any atom is 0.303 e. The molecule has 0 aromatic rings. The van der Waals surface area contributed by atoms with Gasteiger partial charge >= 0.3 is 5.97 Å². The highest BCUT2D eigenvalue weighted by Gasteiger charge is 2.35. The SMILES string of the molecule is CCCCC[C@H](O)/C=C/[C@H]1OC(O)C[C@H](O)[C@@H]1CCC(=O)O. The number of hydrogen-bond donors (Lipinski definition) is 4. The van der Waals surface area contributed by atoms with Crippen molar-refractivity contribution in [1.29, 1.82) is 0 Å². The number of carboxylic acid groups (broad SMARTS) is 1. The van der Waals surface area contributed by atoms with Crippen LogP contribution in [0, 0.1) is 5.92 Å². The number of ether oxygens (including phenoxy) is 1. The summed E-state index contributed by atoms with van der Waals surface area (Å²) in [6.07, 6.45) is 4.20. The molecular weight excluding hydrogens is 288 g/mol. The summed E-state index contributed by atoms with van der Waals surface area (Å²) < 4.78 is 5.38. The zero-order chi connectivity index (χ0) is 16.5. The molecule has 0 aliphatic carbocycles. The van der Waals surface area contributed by atoms with Crippen LogP contribution in [0.1, 0.15) is 51.9 Å². The Labute approximate surface area is 131 Å². The van der Waals surface area contributed by atoms with Crippen molar-refractivity contribution in [3.63, 3.8) is 0 Å². The van der Waals surface area contributed by atoms with Crippen molar-refractivity contribution in [2.45, 2.75) is 76.5 Å². The van der Waals surface area contributed by atoms with Crippen molar-refractivity contribution in [1.82, 2.24) is 0 Å². The highest BCUT2D eigenvalue weighted by atomic mass is 16.6. The van der Waals surface area contributed by atoms with Crippen molar-refractivity contribution in [2.24, 2.45) is 5.92 Å². The van der Waals surface area contributed by atoms with E-state index in [1.165, 1.54) is 0 Å². The molecule has 0 radical (unpaired) electrons. The second-order valence-corrected chi connectivity index (χ2v) is 5.90. The maximum absolute atomic E-state index is 10.7. The average molecular weight is 316 g/mol. The van der Waals surface area contributed by atoms with Gasteiger partial charge in [0, 0.05) is 18.8 Å². The fraction of sp³-hybridized carbons (Fsp3) is 0.812. The van der Waals surface area contributed by atoms with Gasteiger partial charge in [0.2, 0.25) is 0 Å². The number of carboxylic acids is 1. The summed E-state index contributed by atoms with van der Waals surface area (Å²) in [6, 6.07) is 0. The molecule has 5 atom stereocenters. The summed E-state index contributed by atoms with van der Waals surface area (Å²) in [5.41, 5.74) is 0. The minimum atomic E-state index is -1.07. The van der Waals surface area contributed by atoms with Gasteiger partial charge < -0.3 is 25.2 Å². The van der Waals surface area contributed by atoms with Gasteiger partial charge in [0.15, 0.2) is 6.29 Å². The van der Waals surface area contributed by atoms with E-state index in [0.717, 1.165) is 19.3 Å².